The molecule has 1 atom stereocenters. The van der Waals surface area contributed by atoms with Gasteiger partial charge in [0.25, 0.3) is 0 Å². The van der Waals surface area contributed by atoms with E-state index < -0.39 is 5.41 Å². The van der Waals surface area contributed by atoms with E-state index in [-0.39, 0.29) is 12.0 Å². The quantitative estimate of drug-likeness (QED) is 0.867. The summed E-state index contributed by atoms with van der Waals surface area (Å²) >= 11 is 0. The molecular weight excluding hydrogens is 264 g/mol. The molecule has 116 valence electrons. The summed E-state index contributed by atoms with van der Waals surface area (Å²) in [7, 11) is 0. The molecule has 1 saturated heterocycles. The Kier molecular flexibility index (Phi) is 4.88. The highest BCUT2D eigenvalue weighted by molar-refractivity contribution is 5.87. The molecule has 2 rings (SSSR count). The van der Waals surface area contributed by atoms with Crippen molar-refractivity contribution in [3.05, 3.63) is 29.8 Å². The summed E-state index contributed by atoms with van der Waals surface area (Å²) in [5, 5.41) is 0. The molecule has 21 heavy (non-hydrogen) atoms. The van der Waals surface area contributed by atoms with Crippen molar-refractivity contribution in [1.82, 2.24) is 4.90 Å². The third kappa shape index (κ3) is 3.56. The number of benzene rings is 1. The third-order valence-electron chi connectivity index (χ3n) is 4.23. The maximum atomic E-state index is 12.9. The van der Waals surface area contributed by atoms with Crippen molar-refractivity contribution >= 4 is 11.6 Å². The van der Waals surface area contributed by atoms with E-state index >= 15 is 0 Å². The smallest absolute Gasteiger partial charge is 0.232 e. The van der Waals surface area contributed by atoms with E-state index in [1.165, 1.54) is 0 Å². The van der Waals surface area contributed by atoms with Crippen LogP contribution in [0.2, 0.25) is 0 Å². The lowest BCUT2D eigenvalue weighted by Gasteiger charge is -2.37. The Balaban J connectivity index is 2.11. The number of nitrogens with two attached hydrogens (primary N) is 1. The van der Waals surface area contributed by atoms with Crippen molar-refractivity contribution in [2.75, 3.05) is 25.4 Å². The Morgan fingerprint density at radius 2 is 2.05 bits per heavy atom. The summed E-state index contributed by atoms with van der Waals surface area (Å²) in [5.41, 5.74) is 6.91. The fraction of sp³-hybridized carbons (Fsp3) is 0.588. The molecule has 4 heteroatoms. The molecule has 1 fully saturated rings. The van der Waals surface area contributed by atoms with E-state index in [1.807, 2.05) is 49.9 Å². The molecule has 2 N–H and O–H groups in total. The highest BCUT2D eigenvalue weighted by Gasteiger charge is 2.35. The zero-order valence-corrected chi connectivity index (χ0v) is 13.3. The van der Waals surface area contributed by atoms with E-state index in [0.29, 0.717) is 13.2 Å². The van der Waals surface area contributed by atoms with Crippen LogP contribution < -0.4 is 5.73 Å². The standard InChI is InChI=1S/C17H26N2O2/c1-4-21-15-6-5-11-19(12-15)16(20)17(2,3)13-7-9-14(18)10-8-13/h7-10,15H,4-6,11-12,18H2,1-3H3. The summed E-state index contributed by atoms with van der Waals surface area (Å²) in [5.74, 6) is 0.164. The van der Waals surface area contributed by atoms with Crippen LogP contribution in [0, 0.1) is 0 Å². The topological polar surface area (TPSA) is 55.6 Å². The Hall–Kier alpha value is -1.55. The number of nitrogens with zero attached hydrogens (tertiary/aromatic N) is 1. The molecule has 0 spiro atoms. The highest BCUT2D eigenvalue weighted by Crippen LogP contribution is 2.28. The van der Waals surface area contributed by atoms with Gasteiger partial charge in [0.05, 0.1) is 11.5 Å². The third-order valence-corrected chi connectivity index (χ3v) is 4.23. The van der Waals surface area contributed by atoms with E-state index in [2.05, 4.69) is 0 Å². The van der Waals surface area contributed by atoms with E-state index in [4.69, 9.17) is 10.5 Å². The molecule has 0 radical (unpaired) electrons. The van der Waals surface area contributed by atoms with Crippen molar-refractivity contribution in [1.29, 1.82) is 0 Å². The van der Waals surface area contributed by atoms with Crippen LogP contribution in [-0.4, -0.2) is 36.6 Å². The summed E-state index contributed by atoms with van der Waals surface area (Å²) in [6, 6.07) is 7.58. The van der Waals surface area contributed by atoms with Crippen molar-refractivity contribution in [2.24, 2.45) is 0 Å². The predicted molar refractivity (Wildman–Crippen MR) is 85.1 cm³/mol. The molecule has 4 nitrogen and oxygen atoms in total. The molecule has 1 amide bonds. The largest absolute Gasteiger partial charge is 0.399 e. The van der Waals surface area contributed by atoms with Crippen LogP contribution in [0.1, 0.15) is 39.2 Å². The summed E-state index contributed by atoms with van der Waals surface area (Å²) in [4.78, 5) is 14.8. The SMILES string of the molecule is CCOC1CCCN(C(=O)C(C)(C)c2ccc(N)cc2)C1. The minimum Gasteiger partial charge on any atom is -0.399 e. The van der Waals surface area contributed by atoms with Crippen LogP contribution in [0.25, 0.3) is 0 Å². The van der Waals surface area contributed by atoms with Crippen LogP contribution in [-0.2, 0) is 14.9 Å². The Morgan fingerprint density at radius 3 is 2.67 bits per heavy atom. The molecule has 1 heterocycles. The van der Waals surface area contributed by atoms with Gasteiger partial charge in [-0.15, -0.1) is 0 Å². The van der Waals surface area contributed by atoms with Crippen molar-refractivity contribution in [2.45, 2.75) is 45.1 Å². The first-order chi connectivity index (χ1) is 9.95. The van der Waals surface area contributed by atoms with Crippen molar-refractivity contribution < 1.29 is 9.53 Å². The second kappa shape index (κ2) is 6.48. The van der Waals surface area contributed by atoms with Crippen LogP contribution in [0.3, 0.4) is 0 Å². The molecule has 1 aliphatic rings. The van der Waals surface area contributed by atoms with E-state index in [0.717, 1.165) is 30.6 Å². The number of nitrogen functional groups attached to an aromatic ring is 1. The molecule has 0 bridgehead atoms. The number of anilines is 1. The zero-order valence-electron chi connectivity index (χ0n) is 13.3. The molecule has 0 aromatic heterocycles. The lowest BCUT2D eigenvalue weighted by atomic mass is 9.82. The van der Waals surface area contributed by atoms with E-state index in [9.17, 15) is 4.79 Å². The minimum absolute atomic E-state index is 0.164. The molecule has 1 aromatic rings. The Morgan fingerprint density at radius 1 is 1.38 bits per heavy atom. The van der Waals surface area contributed by atoms with Gasteiger partial charge in [-0.1, -0.05) is 12.1 Å². The first-order valence-corrected chi connectivity index (χ1v) is 7.72. The van der Waals surface area contributed by atoms with E-state index in [1.54, 1.807) is 0 Å². The molecule has 0 saturated carbocycles. The van der Waals surface area contributed by atoms with Gasteiger partial charge < -0.3 is 15.4 Å². The number of ether oxygens (including phenoxy) is 1. The number of rotatable bonds is 4. The van der Waals surface area contributed by atoms with Gasteiger partial charge in [0.2, 0.25) is 5.91 Å². The molecular formula is C17H26N2O2. The van der Waals surface area contributed by atoms with Crippen LogP contribution in [0.15, 0.2) is 24.3 Å². The average Bonchev–Trinajstić information content (AvgIpc) is 2.47. The first kappa shape index (κ1) is 15.8. The predicted octanol–water partition coefficient (Wildman–Crippen LogP) is 2.57. The minimum atomic E-state index is -0.540. The summed E-state index contributed by atoms with van der Waals surface area (Å²) < 4.78 is 5.69. The van der Waals surface area contributed by atoms with Gasteiger partial charge in [-0.2, -0.15) is 0 Å². The lowest BCUT2D eigenvalue weighted by molar-refractivity contribution is -0.140. The second-order valence-corrected chi connectivity index (χ2v) is 6.22. The Labute approximate surface area is 127 Å². The molecule has 1 aliphatic heterocycles. The monoisotopic (exact) mass is 290 g/mol. The lowest BCUT2D eigenvalue weighted by Crippen LogP contribution is -2.49. The zero-order chi connectivity index (χ0) is 15.5. The van der Waals surface area contributed by atoms with Gasteiger partial charge in [0.15, 0.2) is 0 Å². The highest BCUT2D eigenvalue weighted by atomic mass is 16.5. The number of carbonyl (C=O) groups is 1. The summed E-state index contributed by atoms with van der Waals surface area (Å²) in [6.07, 6.45) is 2.23. The van der Waals surface area contributed by atoms with Gasteiger partial charge in [0, 0.05) is 25.4 Å². The second-order valence-electron chi connectivity index (χ2n) is 6.22. The van der Waals surface area contributed by atoms with Gasteiger partial charge in [0.1, 0.15) is 0 Å². The summed E-state index contributed by atoms with van der Waals surface area (Å²) in [6.45, 7) is 8.18. The van der Waals surface area contributed by atoms with Gasteiger partial charge in [-0.3, -0.25) is 4.79 Å². The number of piperidine rings is 1. The number of hydrogen-bond acceptors (Lipinski definition) is 3. The molecule has 0 aliphatic carbocycles. The van der Waals surface area contributed by atoms with Crippen LogP contribution in [0.4, 0.5) is 5.69 Å². The number of carbonyl (C=O) groups excluding carboxylic acids is 1. The fourth-order valence-electron chi connectivity index (χ4n) is 2.91. The van der Waals surface area contributed by atoms with Crippen LogP contribution in [0.5, 0.6) is 0 Å². The van der Waals surface area contributed by atoms with Crippen molar-refractivity contribution in [3.63, 3.8) is 0 Å². The first-order valence-electron chi connectivity index (χ1n) is 7.72. The number of amides is 1. The maximum Gasteiger partial charge on any atom is 0.232 e. The van der Waals surface area contributed by atoms with Crippen molar-refractivity contribution in [3.8, 4) is 0 Å². The number of hydrogen-bond donors (Lipinski definition) is 1. The Bertz CT molecular complexity index is 480. The average molecular weight is 290 g/mol. The maximum absolute atomic E-state index is 12.9. The fourth-order valence-corrected chi connectivity index (χ4v) is 2.91. The normalized spacial score (nSPS) is 19.6. The molecule has 1 aromatic carbocycles. The van der Waals surface area contributed by atoms with Crippen LogP contribution >= 0.6 is 0 Å². The molecule has 1 unspecified atom stereocenters. The number of likely N-dealkylation sites (tertiary alicyclic amines) is 1. The van der Waals surface area contributed by atoms with Gasteiger partial charge >= 0.3 is 0 Å². The van der Waals surface area contributed by atoms with Gasteiger partial charge in [-0.25, -0.2) is 0 Å². The van der Waals surface area contributed by atoms with Gasteiger partial charge in [-0.05, 0) is 51.3 Å².